The van der Waals surface area contributed by atoms with Crippen LogP contribution in [0.2, 0.25) is 0 Å². The number of halogens is 2. The lowest BCUT2D eigenvalue weighted by molar-refractivity contribution is 0.0378. The van der Waals surface area contributed by atoms with Crippen molar-refractivity contribution in [3.8, 4) is 0 Å². The van der Waals surface area contributed by atoms with Gasteiger partial charge < -0.3 is 4.74 Å². The molecule has 1 saturated heterocycles. The third-order valence-electron chi connectivity index (χ3n) is 3.07. The summed E-state index contributed by atoms with van der Waals surface area (Å²) in [5.41, 5.74) is 1.63. The molecule has 1 aromatic rings. The highest BCUT2D eigenvalue weighted by Gasteiger charge is 2.16. The van der Waals surface area contributed by atoms with Gasteiger partial charge in [0.15, 0.2) is 0 Å². The molecular formula is C13H17ClFNO. The second-order valence-corrected chi connectivity index (χ2v) is 4.92. The highest BCUT2D eigenvalue weighted by molar-refractivity contribution is 6.21. The zero-order valence-corrected chi connectivity index (χ0v) is 10.7. The van der Waals surface area contributed by atoms with Crippen molar-refractivity contribution in [1.29, 1.82) is 0 Å². The molecule has 0 aromatic heterocycles. The van der Waals surface area contributed by atoms with Crippen LogP contribution >= 0.6 is 11.6 Å². The van der Waals surface area contributed by atoms with E-state index < -0.39 is 0 Å². The third-order valence-corrected chi connectivity index (χ3v) is 3.46. The Kier molecular flexibility index (Phi) is 4.37. The van der Waals surface area contributed by atoms with Crippen LogP contribution in [0.15, 0.2) is 18.2 Å². The van der Waals surface area contributed by atoms with Crippen molar-refractivity contribution in [2.45, 2.75) is 12.3 Å². The van der Waals surface area contributed by atoms with Gasteiger partial charge in [0.2, 0.25) is 0 Å². The fraction of sp³-hybridized carbons (Fsp3) is 0.538. The number of morpholine rings is 1. The molecule has 4 heteroatoms. The number of rotatable bonds is 3. The van der Waals surface area contributed by atoms with Crippen LogP contribution in [0.5, 0.6) is 0 Å². The van der Waals surface area contributed by atoms with Crippen LogP contribution in [0.3, 0.4) is 0 Å². The lowest BCUT2D eigenvalue weighted by atomic mass is 10.1. The first-order valence-corrected chi connectivity index (χ1v) is 6.30. The highest BCUT2D eigenvalue weighted by atomic mass is 35.5. The molecule has 94 valence electrons. The van der Waals surface area contributed by atoms with Crippen molar-refractivity contribution >= 4 is 11.6 Å². The minimum absolute atomic E-state index is 0.0904. The third kappa shape index (κ3) is 3.41. The molecule has 0 N–H and O–H groups in total. The van der Waals surface area contributed by atoms with Crippen molar-refractivity contribution < 1.29 is 9.13 Å². The van der Waals surface area contributed by atoms with Crippen molar-refractivity contribution in [2.75, 3.05) is 32.8 Å². The molecule has 17 heavy (non-hydrogen) atoms. The number of ether oxygens (including phenoxy) is 1. The molecule has 1 aromatic carbocycles. The smallest absolute Gasteiger partial charge is 0.126 e. The van der Waals surface area contributed by atoms with E-state index in [4.69, 9.17) is 16.3 Å². The second-order valence-electron chi connectivity index (χ2n) is 4.39. The first-order chi connectivity index (χ1) is 8.16. The molecule has 1 heterocycles. The first kappa shape index (κ1) is 12.8. The Bertz CT molecular complexity index is 380. The van der Waals surface area contributed by atoms with Gasteiger partial charge in [-0.1, -0.05) is 12.1 Å². The van der Waals surface area contributed by atoms with E-state index in [9.17, 15) is 4.39 Å². The van der Waals surface area contributed by atoms with Crippen LogP contribution < -0.4 is 0 Å². The number of hydrogen-bond donors (Lipinski definition) is 0. The van der Waals surface area contributed by atoms with E-state index in [0.29, 0.717) is 5.56 Å². The van der Waals surface area contributed by atoms with Gasteiger partial charge in [0.05, 0.1) is 18.6 Å². The summed E-state index contributed by atoms with van der Waals surface area (Å²) >= 11 is 6.36. The Morgan fingerprint density at radius 3 is 2.76 bits per heavy atom. The van der Waals surface area contributed by atoms with E-state index >= 15 is 0 Å². The van der Waals surface area contributed by atoms with E-state index in [-0.39, 0.29) is 11.2 Å². The molecular weight excluding hydrogens is 241 g/mol. The first-order valence-electron chi connectivity index (χ1n) is 5.87. The molecule has 0 aliphatic carbocycles. The Morgan fingerprint density at radius 1 is 1.41 bits per heavy atom. The van der Waals surface area contributed by atoms with Crippen LogP contribution in [0.1, 0.15) is 16.5 Å². The molecule has 1 atom stereocenters. The van der Waals surface area contributed by atoms with Crippen molar-refractivity contribution in [2.24, 2.45) is 0 Å². The van der Waals surface area contributed by atoms with Crippen molar-refractivity contribution in [3.63, 3.8) is 0 Å². The van der Waals surface area contributed by atoms with Gasteiger partial charge in [-0.05, 0) is 24.1 Å². The molecule has 1 unspecified atom stereocenters. The molecule has 0 bridgehead atoms. The topological polar surface area (TPSA) is 12.5 Å². The molecule has 2 nitrogen and oxygen atoms in total. The summed E-state index contributed by atoms with van der Waals surface area (Å²) in [7, 11) is 0. The molecule has 0 saturated carbocycles. The summed E-state index contributed by atoms with van der Waals surface area (Å²) in [5, 5.41) is -0.0904. The number of nitrogens with zero attached hydrogens (tertiary/aromatic N) is 1. The lowest BCUT2D eigenvalue weighted by Crippen LogP contribution is -2.38. The number of hydrogen-bond acceptors (Lipinski definition) is 2. The number of benzene rings is 1. The number of aryl methyl sites for hydroxylation is 1. The maximum absolute atomic E-state index is 13.2. The molecule has 1 aliphatic heterocycles. The Hall–Kier alpha value is -0.640. The maximum atomic E-state index is 13.2. The quantitative estimate of drug-likeness (QED) is 0.772. The molecule has 0 spiro atoms. The minimum Gasteiger partial charge on any atom is -0.379 e. The van der Waals surface area contributed by atoms with Gasteiger partial charge in [0.1, 0.15) is 5.82 Å². The summed E-state index contributed by atoms with van der Waals surface area (Å²) in [6.07, 6.45) is 0. The van der Waals surface area contributed by atoms with Gasteiger partial charge in [-0.2, -0.15) is 0 Å². The van der Waals surface area contributed by atoms with Gasteiger partial charge in [-0.3, -0.25) is 4.90 Å². The molecule has 2 rings (SSSR count). The maximum Gasteiger partial charge on any atom is 0.126 e. The molecule has 1 aliphatic rings. The predicted molar refractivity (Wildman–Crippen MR) is 67.0 cm³/mol. The Labute approximate surface area is 106 Å². The molecule has 1 fully saturated rings. The van der Waals surface area contributed by atoms with Crippen molar-refractivity contribution in [3.05, 3.63) is 35.1 Å². The zero-order chi connectivity index (χ0) is 12.3. The van der Waals surface area contributed by atoms with E-state index in [0.717, 1.165) is 38.4 Å². The number of alkyl halides is 1. The van der Waals surface area contributed by atoms with Gasteiger partial charge in [0, 0.05) is 19.6 Å². The van der Waals surface area contributed by atoms with Crippen molar-refractivity contribution in [1.82, 2.24) is 4.90 Å². The van der Waals surface area contributed by atoms with E-state index in [2.05, 4.69) is 4.90 Å². The van der Waals surface area contributed by atoms with Crippen LogP contribution in [-0.4, -0.2) is 37.7 Å². The Balaban J connectivity index is 1.98. The van der Waals surface area contributed by atoms with Gasteiger partial charge in [0.25, 0.3) is 0 Å². The monoisotopic (exact) mass is 257 g/mol. The molecule has 0 amide bonds. The standard InChI is InChI=1S/C13H17ClFNO/c1-10-8-11(2-3-13(10)15)12(14)9-16-4-6-17-7-5-16/h2-3,8,12H,4-7,9H2,1H3. The summed E-state index contributed by atoms with van der Waals surface area (Å²) in [6.45, 7) is 5.93. The second kappa shape index (κ2) is 5.80. The van der Waals surface area contributed by atoms with Crippen LogP contribution in [0.25, 0.3) is 0 Å². The van der Waals surface area contributed by atoms with Crippen LogP contribution in [0.4, 0.5) is 4.39 Å². The lowest BCUT2D eigenvalue weighted by Gasteiger charge is -2.28. The predicted octanol–water partition coefficient (Wildman–Crippen LogP) is 2.75. The Morgan fingerprint density at radius 2 is 2.12 bits per heavy atom. The minimum atomic E-state index is -0.177. The summed E-state index contributed by atoms with van der Waals surface area (Å²) in [4.78, 5) is 2.28. The summed E-state index contributed by atoms with van der Waals surface area (Å²) in [6, 6.07) is 5.08. The zero-order valence-electron chi connectivity index (χ0n) is 9.96. The fourth-order valence-electron chi connectivity index (χ4n) is 1.98. The summed E-state index contributed by atoms with van der Waals surface area (Å²) < 4.78 is 18.4. The average molecular weight is 258 g/mol. The largest absolute Gasteiger partial charge is 0.379 e. The fourth-order valence-corrected chi connectivity index (χ4v) is 2.31. The van der Waals surface area contributed by atoms with Crippen LogP contribution in [0, 0.1) is 12.7 Å². The van der Waals surface area contributed by atoms with Gasteiger partial charge >= 0.3 is 0 Å². The van der Waals surface area contributed by atoms with E-state index in [1.807, 2.05) is 6.07 Å². The van der Waals surface area contributed by atoms with Gasteiger partial charge in [-0.25, -0.2) is 4.39 Å². The normalized spacial score (nSPS) is 19.2. The SMILES string of the molecule is Cc1cc(C(Cl)CN2CCOCC2)ccc1F. The average Bonchev–Trinajstić information content (AvgIpc) is 2.34. The highest BCUT2D eigenvalue weighted by Crippen LogP contribution is 2.23. The van der Waals surface area contributed by atoms with E-state index in [1.165, 1.54) is 6.07 Å². The van der Waals surface area contributed by atoms with Gasteiger partial charge in [-0.15, -0.1) is 11.6 Å². The van der Waals surface area contributed by atoms with Crippen LogP contribution in [-0.2, 0) is 4.74 Å². The van der Waals surface area contributed by atoms with E-state index in [1.54, 1.807) is 13.0 Å². The summed E-state index contributed by atoms with van der Waals surface area (Å²) in [5.74, 6) is -0.177. The molecule has 0 radical (unpaired) electrons.